The van der Waals surface area contributed by atoms with E-state index in [1.54, 1.807) is 0 Å². The lowest BCUT2D eigenvalue weighted by Gasteiger charge is -2.18. The molecule has 0 fully saturated rings. The van der Waals surface area contributed by atoms with Gasteiger partial charge in [-0.2, -0.15) is 8.78 Å². The van der Waals surface area contributed by atoms with E-state index in [1.165, 1.54) is 0 Å². The minimum Gasteiger partial charge on any atom is -0.237 e. The molecule has 0 aliphatic rings. The standard InChI is InChI=1S/C4H3Cl3F4/c5-1(3(6)9)2(8)4(7,10)11/h1-3H. The van der Waals surface area contributed by atoms with E-state index in [0.29, 0.717) is 0 Å². The molecule has 0 N–H and O–H groups in total. The Morgan fingerprint density at radius 1 is 1.09 bits per heavy atom. The molecule has 7 heteroatoms. The van der Waals surface area contributed by atoms with Crippen molar-refractivity contribution in [2.45, 2.75) is 22.6 Å². The van der Waals surface area contributed by atoms with Gasteiger partial charge >= 0.3 is 5.38 Å². The maximum atomic E-state index is 12.2. The lowest BCUT2D eigenvalue weighted by molar-refractivity contribution is 0.0000111. The van der Waals surface area contributed by atoms with Crippen LogP contribution in [0, 0.1) is 0 Å². The Kier molecular flexibility index (Phi) is 4.22. The van der Waals surface area contributed by atoms with Gasteiger partial charge in [0.05, 0.1) is 0 Å². The fourth-order valence-electron chi connectivity index (χ4n) is 0.308. The molecular formula is C4H3Cl3F4. The maximum Gasteiger partial charge on any atom is 0.354 e. The van der Waals surface area contributed by atoms with E-state index in [2.05, 4.69) is 23.2 Å². The molecule has 68 valence electrons. The predicted octanol–water partition coefficient (Wildman–Crippen LogP) is 3.30. The number of halogens is 7. The first-order chi connectivity index (χ1) is 4.76. The third-order valence-electron chi connectivity index (χ3n) is 0.833. The molecule has 0 rings (SSSR count). The quantitative estimate of drug-likeness (QED) is 0.518. The summed E-state index contributed by atoms with van der Waals surface area (Å²) in [5.41, 5.74) is -2.39. The van der Waals surface area contributed by atoms with E-state index in [1.807, 2.05) is 0 Å². The molecule has 0 aliphatic heterocycles. The first-order valence-electron chi connectivity index (χ1n) is 2.40. The highest BCUT2D eigenvalue weighted by Gasteiger charge is 2.45. The molecule has 3 atom stereocenters. The van der Waals surface area contributed by atoms with E-state index in [4.69, 9.17) is 11.6 Å². The third-order valence-corrected chi connectivity index (χ3v) is 1.88. The van der Waals surface area contributed by atoms with Crippen LogP contribution in [-0.4, -0.2) is 22.6 Å². The van der Waals surface area contributed by atoms with Crippen molar-refractivity contribution in [1.82, 2.24) is 0 Å². The number of hydrogen-bond acceptors (Lipinski definition) is 0. The van der Waals surface area contributed by atoms with Crippen LogP contribution >= 0.6 is 34.8 Å². The van der Waals surface area contributed by atoms with Crippen LogP contribution in [0.4, 0.5) is 17.6 Å². The lowest BCUT2D eigenvalue weighted by atomic mass is 10.3. The Labute approximate surface area is 75.4 Å². The number of hydrogen-bond donors (Lipinski definition) is 0. The summed E-state index contributed by atoms with van der Waals surface area (Å²) in [4.78, 5) is 0. The number of alkyl halides is 7. The second kappa shape index (κ2) is 4.01. The van der Waals surface area contributed by atoms with Gasteiger partial charge in [-0.25, -0.2) is 8.78 Å². The Bertz CT molecular complexity index is 123. The van der Waals surface area contributed by atoms with Crippen molar-refractivity contribution in [2.75, 3.05) is 0 Å². The topological polar surface area (TPSA) is 0 Å². The Balaban J connectivity index is 4.13. The summed E-state index contributed by atoms with van der Waals surface area (Å²) in [5, 5.41) is -6.34. The Morgan fingerprint density at radius 3 is 1.55 bits per heavy atom. The van der Waals surface area contributed by atoms with Gasteiger partial charge in [-0.3, -0.25) is 0 Å². The molecule has 0 bridgehead atoms. The first-order valence-corrected chi connectivity index (χ1v) is 3.65. The van der Waals surface area contributed by atoms with Gasteiger partial charge in [0.25, 0.3) is 0 Å². The summed E-state index contributed by atoms with van der Waals surface area (Å²) in [6, 6.07) is 0. The molecule has 0 saturated heterocycles. The Hall–Kier alpha value is 0.590. The van der Waals surface area contributed by atoms with E-state index in [-0.39, 0.29) is 0 Å². The van der Waals surface area contributed by atoms with Gasteiger partial charge in [-0.05, 0) is 11.6 Å². The lowest BCUT2D eigenvalue weighted by Crippen LogP contribution is -2.35. The van der Waals surface area contributed by atoms with Crippen molar-refractivity contribution in [3.63, 3.8) is 0 Å². The zero-order valence-electron chi connectivity index (χ0n) is 4.88. The molecule has 0 heterocycles. The highest BCUT2D eigenvalue weighted by Crippen LogP contribution is 2.33. The van der Waals surface area contributed by atoms with Crippen molar-refractivity contribution in [1.29, 1.82) is 0 Å². The summed E-state index contributed by atoms with van der Waals surface area (Å²) in [5.74, 6) is 0. The van der Waals surface area contributed by atoms with Crippen LogP contribution in [-0.2, 0) is 0 Å². The first kappa shape index (κ1) is 11.6. The molecule has 0 radical (unpaired) electrons. The minimum absolute atomic E-state index is 2.15. The van der Waals surface area contributed by atoms with Crippen LogP contribution in [0.25, 0.3) is 0 Å². The summed E-state index contributed by atoms with van der Waals surface area (Å²) in [6.07, 6.45) is -3.00. The van der Waals surface area contributed by atoms with Crippen LogP contribution in [0.1, 0.15) is 0 Å². The molecule has 3 unspecified atom stereocenters. The molecule has 0 saturated carbocycles. The van der Waals surface area contributed by atoms with E-state index in [9.17, 15) is 17.6 Å². The summed E-state index contributed by atoms with van der Waals surface area (Å²) in [7, 11) is 0. The average molecular weight is 233 g/mol. The molecule has 0 spiro atoms. The van der Waals surface area contributed by atoms with Crippen LogP contribution in [0.15, 0.2) is 0 Å². The monoisotopic (exact) mass is 232 g/mol. The third kappa shape index (κ3) is 3.67. The fraction of sp³-hybridized carbons (Fsp3) is 1.00. The minimum atomic E-state index is -4.19. The predicted molar refractivity (Wildman–Crippen MR) is 36.1 cm³/mol. The average Bonchev–Trinajstić information content (AvgIpc) is 1.82. The molecule has 11 heavy (non-hydrogen) atoms. The summed E-state index contributed by atoms with van der Waals surface area (Å²) >= 11 is 13.6. The van der Waals surface area contributed by atoms with Crippen molar-refractivity contribution in [3.05, 3.63) is 0 Å². The van der Waals surface area contributed by atoms with Crippen LogP contribution in [0.3, 0.4) is 0 Å². The van der Waals surface area contributed by atoms with Gasteiger partial charge in [0.15, 0.2) is 11.8 Å². The highest BCUT2D eigenvalue weighted by atomic mass is 35.5. The van der Waals surface area contributed by atoms with Crippen molar-refractivity contribution < 1.29 is 17.6 Å². The second-order valence-corrected chi connectivity index (χ2v) is 3.15. The second-order valence-electron chi connectivity index (χ2n) is 1.72. The summed E-state index contributed by atoms with van der Waals surface area (Å²) < 4.78 is 47.7. The molecule has 0 aromatic carbocycles. The van der Waals surface area contributed by atoms with Crippen LogP contribution < -0.4 is 0 Å². The van der Waals surface area contributed by atoms with Crippen LogP contribution in [0.5, 0.6) is 0 Å². The van der Waals surface area contributed by atoms with E-state index in [0.717, 1.165) is 0 Å². The van der Waals surface area contributed by atoms with Crippen LogP contribution in [0.2, 0.25) is 0 Å². The van der Waals surface area contributed by atoms with Gasteiger partial charge in [0.1, 0.15) is 5.38 Å². The van der Waals surface area contributed by atoms with Gasteiger partial charge < -0.3 is 0 Å². The largest absolute Gasteiger partial charge is 0.354 e. The van der Waals surface area contributed by atoms with Gasteiger partial charge in [-0.1, -0.05) is 11.6 Å². The van der Waals surface area contributed by atoms with Crippen molar-refractivity contribution in [2.24, 2.45) is 0 Å². The Morgan fingerprint density at radius 2 is 1.45 bits per heavy atom. The SMILES string of the molecule is FC(Cl)C(Cl)C(F)C(F)(F)Cl. The number of rotatable bonds is 3. The van der Waals surface area contributed by atoms with Crippen molar-refractivity contribution >= 4 is 34.8 Å². The molecular weight excluding hydrogens is 230 g/mol. The van der Waals surface area contributed by atoms with Crippen molar-refractivity contribution in [3.8, 4) is 0 Å². The van der Waals surface area contributed by atoms with Gasteiger partial charge in [0.2, 0.25) is 0 Å². The zero-order chi connectivity index (χ0) is 9.23. The molecule has 0 aromatic rings. The molecule has 0 nitrogen and oxygen atoms in total. The van der Waals surface area contributed by atoms with E-state index >= 15 is 0 Å². The molecule has 0 aliphatic carbocycles. The van der Waals surface area contributed by atoms with Gasteiger partial charge in [0, 0.05) is 0 Å². The van der Waals surface area contributed by atoms with Gasteiger partial charge in [-0.15, -0.1) is 11.6 Å². The normalized spacial score (nSPS) is 21.0. The molecule has 0 amide bonds. The highest BCUT2D eigenvalue weighted by molar-refractivity contribution is 6.30. The van der Waals surface area contributed by atoms with E-state index < -0.39 is 22.6 Å². The molecule has 0 aromatic heterocycles. The maximum absolute atomic E-state index is 12.2. The summed E-state index contributed by atoms with van der Waals surface area (Å²) in [6.45, 7) is 0. The zero-order valence-corrected chi connectivity index (χ0v) is 7.15. The smallest absolute Gasteiger partial charge is 0.237 e. The fourth-order valence-corrected chi connectivity index (χ4v) is 0.794.